The van der Waals surface area contributed by atoms with E-state index in [9.17, 15) is 9.59 Å². The molecule has 0 saturated carbocycles. The van der Waals surface area contributed by atoms with Crippen molar-refractivity contribution in [3.8, 4) is 0 Å². The lowest BCUT2D eigenvalue weighted by Gasteiger charge is -2.23. The Kier molecular flexibility index (Phi) is 5.26. The average Bonchev–Trinajstić information content (AvgIpc) is 2.52. The second kappa shape index (κ2) is 7.17. The molecule has 108 valence electrons. The minimum absolute atomic E-state index is 0.216. The Morgan fingerprint density at radius 2 is 2.15 bits per heavy atom. The van der Waals surface area contributed by atoms with E-state index in [-0.39, 0.29) is 12.9 Å². The summed E-state index contributed by atoms with van der Waals surface area (Å²) in [6.45, 7) is 0.979. The smallest absolute Gasteiger partial charge is 0.292 e. The first-order valence-corrected chi connectivity index (χ1v) is 6.80. The first kappa shape index (κ1) is 14.7. The monoisotopic (exact) mass is 277 g/mol. The maximum absolute atomic E-state index is 11.9. The molecule has 0 aromatic heterocycles. The van der Waals surface area contributed by atoms with E-state index in [1.54, 1.807) is 18.2 Å². The molecule has 1 amide bonds. The molecule has 1 heterocycles. The van der Waals surface area contributed by atoms with E-state index < -0.39 is 11.7 Å². The van der Waals surface area contributed by atoms with E-state index in [1.165, 1.54) is 7.05 Å². The van der Waals surface area contributed by atoms with Gasteiger partial charge in [-0.25, -0.2) is 0 Å². The molecule has 1 saturated heterocycles. The molecular formula is C15H19NO4. The van der Waals surface area contributed by atoms with Crippen LogP contribution in [0.4, 0.5) is 0 Å². The minimum Gasteiger partial charge on any atom is -0.353 e. The van der Waals surface area contributed by atoms with Crippen molar-refractivity contribution in [3.05, 3.63) is 35.4 Å². The van der Waals surface area contributed by atoms with E-state index in [4.69, 9.17) is 9.47 Å². The number of ether oxygens (including phenoxy) is 2. The SMILES string of the molecule is CNC(=O)C(=O)c1ccccc1COC1CCCCO1. The number of benzene rings is 1. The number of nitrogens with one attached hydrogen (secondary N) is 1. The molecule has 5 nitrogen and oxygen atoms in total. The second-order valence-corrected chi connectivity index (χ2v) is 4.67. The van der Waals surface area contributed by atoms with Gasteiger partial charge in [0.15, 0.2) is 6.29 Å². The Balaban J connectivity index is 2.03. The Hall–Kier alpha value is -1.72. The minimum atomic E-state index is -0.619. The number of carbonyl (C=O) groups is 2. The lowest BCUT2D eigenvalue weighted by atomic mass is 10.0. The lowest BCUT2D eigenvalue weighted by molar-refractivity contribution is -0.168. The molecule has 1 aromatic carbocycles. The number of rotatable bonds is 5. The van der Waals surface area contributed by atoms with Crippen LogP contribution in [0.1, 0.15) is 35.2 Å². The fraction of sp³-hybridized carbons (Fsp3) is 0.467. The molecule has 0 radical (unpaired) electrons. The van der Waals surface area contributed by atoms with Crippen molar-refractivity contribution in [2.45, 2.75) is 32.2 Å². The normalized spacial score (nSPS) is 18.6. The standard InChI is InChI=1S/C15H19NO4/c1-16-15(18)14(17)12-7-3-2-6-11(12)10-20-13-8-4-5-9-19-13/h2-3,6-7,13H,4-5,8-10H2,1H3,(H,16,18). The van der Waals surface area contributed by atoms with Crippen molar-refractivity contribution in [2.75, 3.05) is 13.7 Å². The van der Waals surface area contributed by atoms with E-state index in [0.717, 1.165) is 19.3 Å². The van der Waals surface area contributed by atoms with Crippen molar-refractivity contribution in [3.63, 3.8) is 0 Å². The molecule has 1 atom stereocenters. The maximum atomic E-state index is 11.9. The predicted molar refractivity (Wildman–Crippen MR) is 73.2 cm³/mol. The third-order valence-electron chi connectivity index (χ3n) is 3.26. The summed E-state index contributed by atoms with van der Waals surface area (Å²) in [6, 6.07) is 6.98. The molecule has 1 aromatic rings. The summed E-state index contributed by atoms with van der Waals surface area (Å²) < 4.78 is 11.1. The lowest BCUT2D eigenvalue weighted by Crippen LogP contribution is -2.28. The van der Waals surface area contributed by atoms with Gasteiger partial charge in [0.2, 0.25) is 0 Å². The van der Waals surface area contributed by atoms with Crippen molar-refractivity contribution >= 4 is 11.7 Å². The summed E-state index contributed by atoms with van der Waals surface area (Å²) in [7, 11) is 1.44. The van der Waals surface area contributed by atoms with Crippen LogP contribution in [0.2, 0.25) is 0 Å². The van der Waals surface area contributed by atoms with E-state index in [2.05, 4.69) is 5.32 Å². The van der Waals surface area contributed by atoms with Gasteiger partial charge in [0, 0.05) is 19.2 Å². The van der Waals surface area contributed by atoms with Crippen LogP contribution in [0.5, 0.6) is 0 Å². The first-order valence-electron chi connectivity index (χ1n) is 6.80. The van der Waals surface area contributed by atoms with Crippen molar-refractivity contribution in [2.24, 2.45) is 0 Å². The van der Waals surface area contributed by atoms with Gasteiger partial charge in [-0.1, -0.05) is 24.3 Å². The van der Waals surface area contributed by atoms with Crippen LogP contribution in [0, 0.1) is 0 Å². The Bertz CT molecular complexity index is 481. The molecular weight excluding hydrogens is 258 g/mol. The fourth-order valence-corrected chi connectivity index (χ4v) is 2.13. The van der Waals surface area contributed by atoms with Gasteiger partial charge in [0.05, 0.1) is 6.61 Å². The third-order valence-corrected chi connectivity index (χ3v) is 3.26. The van der Waals surface area contributed by atoms with Crippen LogP contribution in [-0.4, -0.2) is 31.6 Å². The third kappa shape index (κ3) is 3.65. The second-order valence-electron chi connectivity index (χ2n) is 4.67. The highest BCUT2D eigenvalue weighted by molar-refractivity contribution is 6.43. The Morgan fingerprint density at radius 1 is 1.35 bits per heavy atom. The largest absolute Gasteiger partial charge is 0.353 e. The van der Waals surface area contributed by atoms with Crippen LogP contribution in [-0.2, 0) is 20.9 Å². The van der Waals surface area contributed by atoms with Crippen molar-refractivity contribution < 1.29 is 19.1 Å². The molecule has 1 fully saturated rings. The Labute approximate surface area is 118 Å². The molecule has 1 N–H and O–H groups in total. The number of amides is 1. The predicted octanol–water partition coefficient (Wildman–Crippen LogP) is 1.66. The van der Waals surface area contributed by atoms with E-state index >= 15 is 0 Å². The summed E-state index contributed by atoms with van der Waals surface area (Å²) in [5.41, 5.74) is 1.08. The summed E-state index contributed by atoms with van der Waals surface area (Å²) in [6.07, 6.45) is 2.80. The van der Waals surface area contributed by atoms with E-state index in [0.29, 0.717) is 17.7 Å². The van der Waals surface area contributed by atoms with Gasteiger partial charge in [-0.2, -0.15) is 0 Å². The zero-order valence-electron chi connectivity index (χ0n) is 11.6. The maximum Gasteiger partial charge on any atom is 0.292 e. The zero-order valence-corrected chi connectivity index (χ0v) is 11.6. The fourth-order valence-electron chi connectivity index (χ4n) is 2.13. The molecule has 5 heteroatoms. The van der Waals surface area contributed by atoms with Gasteiger partial charge in [-0.15, -0.1) is 0 Å². The van der Waals surface area contributed by atoms with Crippen LogP contribution < -0.4 is 5.32 Å². The Morgan fingerprint density at radius 3 is 2.85 bits per heavy atom. The molecule has 1 unspecified atom stereocenters. The number of Topliss-reactive ketones (excluding diaryl/α,β-unsaturated/α-hetero) is 1. The van der Waals surface area contributed by atoms with Crippen LogP contribution in [0.15, 0.2) is 24.3 Å². The van der Waals surface area contributed by atoms with Crippen molar-refractivity contribution in [1.82, 2.24) is 5.32 Å². The molecule has 1 aliphatic rings. The van der Waals surface area contributed by atoms with Crippen molar-refractivity contribution in [1.29, 1.82) is 0 Å². The quantitative estimate of drug-likeness (QED) is 0.656. The number of likely N-dealkylation sites (N-methyl/N-ethyl adjacent to an activating group) is 1. The van der Waals surface area contributed by atoms with Gasteiger partial charge in [-0.05, 0) is 24.8 Å². The van der Waals surface area contributed by atoms with Gasteiger partial charge < -0.3 is 14.8 Å². The first-order chi connectivity index (χ1) is 9.72. The molecule has 0 bridgehead atoms. The summed E-state index contributed by atoms with van der Waals surface area (Å²) in [4.78, 5) is 23.4. The number of hydrogen-bond acceptors (Lipinski definition) is 4. The van der Waals surface area contributed by atoms with Gasteiger partial charge >= 0.3 is 0 Å². The highest BCUT2D eigenvalue weighted by Crippen LogP contribution is 2.17. The highest BCUT2D eigenvalue weighted by atomic mass is 16.7. The van der Waals surface area contributed by atoms with Crippen LogP contribution >= 0.6 is 0 Å². The van der Waals surface area contributed by atoms with Crippen LogP contribution in [0.25, 0.3) is 0 Å². The zero-order chi connectivity index (χ0) is 14.4. The van der Waals surface area contributed by atoms with Gasteiger partial charge in [-0.3, -0.25) is 9.59 Å². The summed E-state index contributed by atoms with van der Waals surface area (Å²) in [5, 5.41) is 2.34. The molecule has 0 spiro atoms. The molecule has 20 heavy (non-hydrogen) atoms. The van der Waals surface area contributed by atoms with Gasteiger partial charge in [0.25, 0.3) is 11.7 Å². The highest BCUT2D eigenvalue weighted by Gasteiger charge is 2.19. The molecule has 0 aliphatic carbocycles. The average molecular weight is 277 g/mol. The number of hydrogen-bond donors (Lipinski definition) is 1. The molecule has 2 rings (SSSR count). The number of carbonyl (C=O) groups excluding carboxylic acids is 2. The summed E-state index contributed by atoms with van der Waals surface area (Å²) >= 11 is 0. The summed E-state index contributed by atoms with van der Waals surface area (Å²) in [5.74, 6) is -1.16. The topological polar surface area (TPSA) is 64.6 Å². The van der Waals surface area contributed by atoms with Gasteiger partial charge in [0.1, 0.15) is 0 Å². The molecule has 1 aliphatic heterocycles. The number of ketones is 1. The van der Waals surface area contributed by atoms with Crippen LogP contribution in [0.3, 0.4) is 0 Å². The van der Waals surface area contributed by atoms with E-state index in [1.807, 2.05) is 6.07 Å².